The average Bonchev–Trinajstić information content (AvgIpc) is 2.41. The van der Waals surface area contributed by atoms with Crippen LogP contribution < -0.4 is 9.46 Å². The predicted octanol–water partition coefficient (Wildman–Crippen LogP) is 3.25. The lowest BCUT2D eigenvalue weighted by molar-refractivity contribution is 0.410. The lowest BCUT2D eigenvalue weighted by Crippen LogP contribution is -2.15. The first-order chi connectivity index (χ1) is 9.85. The van der Waals surface area contributed by atoms with E-state index in [0.29, 0.717) is 11.3 Å². The maximum Gasteiger partial charge on any atom is 0.262 e. The highest BCUT2D eigenvalue weighted by Gasteiger charge is 2.20. The fourth-order valence-electron chi connectivity index (χ4n) is 2.07. The van der Waals surface area contributed by atoms with Gasteiger partial charge in [0, 0.05) is 6.07 Å². The largest absolute Gasteiger partial charge is 0.496 e. The molecule has 0 saturated heterocycles. The summed E-state index contributed by atoms with van der Waals surface area (Å²) in [6.45, 7) is 3.51. The van der Waals surface area contributed by atoms with Crippen molar-refractivity contribution >= 4 is 15.7 Å². The number of halogens is 1. The Bertz CT molecular complexity index is 772. The molecule has 4 nitrogen and oxygen atoms in total. The number of hydrogen-bond acceptors (Lipinski definition) is 3. The molecule has 0 bridgehead atoms. The van der Waals surface area contributed by atoms with Gasteiger partial charge in [-0.2, -0.15) is 0 Å². The van der Waals surface area contributed by atoms with Gasteiger partial charge in [0.1, 0.15) is 11.6 Å². The summed E-state index contributed by atoms with van der Waals surface area (Å²) in [5, 5.41) is 0. The third-order valence-corrected chi connectivity index (χ3v) is 4.61. The molecule has 6 heteroatoms. The van der Waals surface area contributed by atoms with Crippen molar-refractivity contribution < 1.29 is 17.5 Å². The Hall–Kier alpha value is -2.08. The third kappa shape index (κ3) is 3.16. The Balaban J connectivity index is 2.47. The standard InChI is InChI=1S/C15H16FNO3S/c1-10-8-11(2)15(9-14(10)20-3)21(18,19)17-13-7-5-4-6-12(13)16/h4-9,17H,1-3H3. The van der Waals surface area contributed by atoms with E-state index in [1.807, 2.05) is 6.92 Å². The van der Waals surface area contributed by atoms with Crippen molar-refractivity contribution in [3.8, 4) is 5.75 Å². The zero-order valence-electron chi connectivity index (χ0n) is 12.0. The number of hydrogen-bond donors (Lipinski definition) is 1. The molecule has 0 aliphatic carbocycles. The van der Waals surface area contributed by atoms with Gasteiger partial charge in [0.25, 0.3) is 10.0 Å². The summed E-state index contributed by atoms with van der Waals surface area (Å²) in [5.41, 5.74) is 1.31. The molecule has 0 aromatic heterocycles. The number of aryl methyl sites for hydroxylation is 2. The van der Waals surface area contributed by atoms with Gasteiger partial charge in [-0.1, -0.05) is 18.2 Å². The molecule has 0 atom stereocenters. The molecule has 0 aliphatic rings. The van der Waals surface area contributed by atoms with E-state index in [1.54, 1.807) is 19.1 Å². The number of para-hydroxylation sites is 1. The Morgan fingerprint density at radius 2 is 1.76 bits per heavy atom. The van der Waals surface area contributed by atoms with Crippen LogP contribution in [0.4, 0.5) is 10.1 Å². The highest BCUT2D eigenvalue weighted by atomic mass is 32.2. The number of benzene rings is 2. The zero-order chi connectivity index (χ0) is 15.6. The van der Waals surface area contributed by atoms with Crippen molar-refractivity contribution in [2.24, 2.45) is 0 Å². The minimum atomic E-state index is -3.89. The topological polar surface area (TPSA) is 55.4 Å². The van der Waals surface area contributed by atoms with Crippen LogP contribution in [-0.2, 0) is 10.0 Å². The molecule has 0 fully saturated rings. The lowest BCUT2D eigenvalue weighted by Gasteiger charge is -2.13. The molecule has 21 heavy (non-hydrogen) atoms. The quantitative estimate of drug-likeness (QED) is 0.943. The van der Waals surface area contributed by atoms with Gasteiger partial charge in [-0.3, -0.25) is 4.72 Å². The van der Waals surface area contributed by atoms with E-state index >= 15 is 0 Å². The third-order valence-electron chi connectivity index (χ3n) is 3.10. The Morgan fingerprint density at radius 1 is 1.10 bits per heavy atom. The van der Waals surface area contributed by atoms with Crippen LogP contribution in [0.15, 0.2) is 41.3 Å². The van der Waals surface area contributed by atoms with Gasteiger partial charge in [0.05, 0.1) is 17.7 Å². The van der Waals surface area contributed by atoms with Gasteiger partial charge < -0.3 is 4.74 Å². The molecule has 0 spiro atoms. The van der Waals surface area contributed by atoms with E-state index in [2.05, 4.69) is 4.72 Å². The maximum atomic E-state index is 13.6. The number of anilines is 1. The highest BCUT2D eigenvalue weighted by molar-refractivity contribution is 7.92. The van der Waals surface area contributed by atoms with E-state index in [0.717, 1.165) is 5.56 Å². The predicted molar refractivity (Wildman–Crippen MR) is 79.7 cm³/mol. The number of nitrogens with one attached hydrogen (secondary N) is 1. The second-order valence-electron chi connectivity index (χ2n) is 4.67. The molecule has 0 heterocycles. The second kappa shape index (κ2) is 5.73. The maximum absolute atomic E-state index is 13.6. The lowest BCUT2D eigenvalue weighted by atomic mass is 10.1. The van der Waals surface area contributed by atoms with Crippen molar-refractivity contribution in [3.05, 3.63) is 53.3 Å². The number of sulfonamides is 1. The van der Waals surface area contributed by atoms with Gasteiger partial charge in [-0.05, 0) is 37.1 Å². The first-order valence-corrected chi connectivity index (χ1v) is 7.76. The summed E-state index contributed by atoms with van der Waals surface area (Å²) in [6.07, 6.45) is 0. The van der Waals surface area contributed by atoms with E-state index in [9.17, 15) is 12.8 Å². The van der Waals surface area contributed by atoms with Gasteiger partial charge in [0.2, 0.25) is 0 Å². The molecule has 0 amide bonds. The molecular weight excluding hydrogens is 293 g/mol. The molecule has 0 aliphatic heterocycles. The molecule has 0 unspecified atom stereocenters. The molecule has 0 radical (unpaired) electrons. The molecule has 112 valence electrons. The van der Waals surface area contributed by atoms with Crippen LogP contribution >= 0.6 is 0 Å². The van der Waals surface area contributed by atoms with E-state index in [1.165, 1.54) is 31.4 Å². The minimum absolute atomic E-state index is 0.0632. The molecule has 0 saturated carbocycles. The van der Waals surface area contributed by atoms with Crippen molar-refractivity contribution in [2.75, 3.05) is 11.8 Å². The highest BCUT2D eigenvalue weighted by Crippen LogP contribution is 2.27. The average molecular weight is 309 g/mol. The van der Waals surface area contributed by atoms with E-state index in [-0.39, 0.29) is 10.6 Å². The molecule has 2 aromatic carbocycles. The second-order valence-corrected chi connectivity index (χ2v) is 6.32. The monoisotopic (exact) mass is 309 g/mol. The smallest absolute Gasteiger partial charge is 0.262 e. The number of methoxy groups -OCH3 is 1. The van der Waals surface area contributed by atoms with Crippen molar-refractivity contribution in [2.45, 2.75) is 18.7 Å². The fourth-order valence-corrected chi connectivity index (χ4v) is 3.38. The summed E-state index contributed by atoms with van der Waals surface area (Å²) in [6, 6.07) is 8.77. The normalized spacial score (nSPS) is 11.2. The van der Waals surface area contributed by atoms with Gasteiger partial charge >= 0.3 is 0 Å². The van der Waals surface area contributed by atoms with Crippen molar-refractivity contribution in [3.63, 3.8) is 0 Å². The van der Waals surface area contributed by atoms with Crippen LogP contribution in [0.1, 0.15) is 11.1 Å². The number of rotatable bonds is 4. The molecule has 2 rings (SSSR count). The fraction of sp³-hybridized carbons (Fsp3) is 0.200. The van der Waals surface area contributed by atoms with Crippen LogP contribution in [0.2, 0.25) is 0 Å². The summed E-state index contributed by atoms with van der Waals surface area (Å²) < 4.78 is 45.8. The zero-order valence-corrected chi connectivity index (χ0v) is 12.8. The Morgan fingerprint density at radius 3 is 2.38 bits per heavy atom. The van der Waals surface area contributed by atoms with Crippen molar-refractivity contribution in [1.82, 2.24) is 0 Å². The summed E-state index contributed by atoms with van der Waals surface area (Å²) >= 11 is 0. The van der Waals surface area contributed by atoms with E-state index < -0.39 is 15.8 Å². The van der Waals surface area contributed by atoms with Gasteiger partial charge in [0.15, 0.2) is 0 Å². The van der Waals surface area contributed by atoms with Crippen LogP contribution in [0.25, 0.3) is 0 Å². The Labute approximate surface area is 123 Å². The van der Waals surface area contributed by atoms with Gasteiger partial charge in [-0.25, -0.2) is 12.8 Å². The van der Waals surface area contributed by atoms with Crippen LogP contribution in [0, 0.1) is 19.7 Å². The number of ether oxygens (including phenoxy) is 1. The SMILES string of the molecule is COc1cc(S(=O)(=O)Nc2ccccc2F)c(C)cc1C. The molecular formula is C15H16FNO3S. The molecule has 1 N–H and O–H groups in total. The van der Waals surface area contributed by atoms with Gasteiger partial charge in [-0.15, -0.1) is 0 Å². The first kappa shape index (κ1) is 15.3. The van der Waals surface area contributed by atoms with E-state index in [4.69, 9.17) is 4.74 Å². The Kier molecular flexibility index (Phi) is 4.18. The van der Waals surface area contributed by atoms with Crippen LogP contribution in [0.5, 0.6) is 5.75 Å². The minimum Gasteiger partial charge on any atom is -0.496 e. The summed E-state index contributed by atoms with van der Waals surface area (Å²) in [7, 11) is -2.42. The van der Waals surface area contributed by atoms with Crippen LogP contribution in [-0.4, -0.2) is 15.5 Å². The first-order valence-electron chi connectivity index (χ1n) is 6.27. The van der Waals surface area contributed by atoms with Crippen molar-refractivity contribution in [1.29, 1.82) is 0 Å². The summed E-state index contributed by atoms with van der Waals surface area (Å²) in [5.74, 6) is -0.160. The summed E-state index contributed by atoms with van der Waals surface area (Å²) in [4.78, 5) is 0.0632. The molecule has 2 aromatic rings. The van der Waals surface area contributed by atoms with Crippen LogP contribution in [0.3, 0.4) is 0 Å².